The molecular formula is C14H20BrCl2N3O2. The Morgan fingerprint density at radius 2 is 2.05 bits per heavy atom. The smallest absolute Gasteiger partial charge is 0.283 e. The van der Waals surface area contributed by atoms with Crippen molar-refractivity contribution in [1.29, 1.82) is 0 Å². The van der Waals surface area contributed by atoms with E-state index < -0.39 is 0 Å². The number of hydrogen-bond donors (Lipinski definition) is 1. The fourth-order valence-corrected chi connectivity index (χ4v) is 2.92. The molecule has 0 radical (unpaired) electrons. The molecule has 124 valence electrons. The van der Waals surface area contributed by atoms with E-state index in [9.17, 15) is 10.1 Å². The zero-order chi connectivity index (χ0) is 14.5. The van der Waals surface area contributed by atoms with Gasteiger partial charge in [-0.25, -0.2) is 0 Å². The topological polar surface area (TPSA) is 58.4 Å². The van der Waals surface area contributed by atoms with Crippen LogP contribution >= 0.6 is 40.7 Å². The summed E-state index contributed by atoms with van der Waals surface area (Å²) >= 11 is 3.23. The van der Waals surface area contributed by atoms with Crippen molar-refractivity contribution in [2.45, 2.75) is 12.5 Å². The van der Waals surface area contributed by atoms with Gasteiger partial charge in [0.15, 0.2) is 0 Å². The van der Waals surface area contributed by atoms with Gasteiger partial charge in [0.25, 0.3) is 5.69 Å². The standard InChI is InChI=1S/C14H18BrN3O2.2ClH/c1-2-3-13(17-8-6-16-7-9-17)11-4-5-12(15)14(10-11)18(19)20;;/h2,4-5,10,13,16H,1,3,6-9H2;2*1H/t13-;;/m0../s1. The van der Waals surface area contributed by atoms with Crippen molar-refractivity contribution in [3.63, 3.8) is 0 Å². The summed E-state index contributed by atoms with van der Waals surface area (Å²) in [4.78, 5) is 13.1. The van der Waals surface area contributed by atoms with Crippen LogP contribution in [0.15, 0.2) is 35.3 Å². The Balaban J connectivity index is 0.00000220. The normalized spacial score (nSPS) is 16.0. The summed E-state index contributed by atoms with van der Waals surface area (Å²) in [5.41, 5.74) is 1.09. The molecular weight excluding hydrogens is 393 g/mol. The minimum absolute atomic E-state index is 0. The Morgan fingerprint density at radius 1 is 1.41 bits per heavy atom. The summed E-state index contributed by atoms with van der Waals surface area (Å²) in [7, 11) is 0. The average Bonchev–Trinajstić information content (AvgIpc) is 2.46. The maximum atomic E-state index is 11.1. The van der Waals surface area contributed by atoms with Crippen LogP contribution in [0, 0.1) is 10.1 Å². The molecule has 1 fully saturated rings. The van der Waals surface area contributed by atoms with Gasteiger partial charge in [-0.05, 0) is 34.0 Å². The molecule has 0 saturated carbocycles. The van der Waals surface area contributed by atoms with Crippen molar-refractivity contribution in [2.24, 2.45) is 0 Å². The lowest BCUT2D eigenvalue weighted by molar-refractivity contribution is -0.385. The molecule has 2 rings (SSSR count). The van der Waals surface area contributed by atoms with Crippen LogP contribution < -0.4 is 5.32 Å². The number of nitro benzene ring substituents is 1. The van der Waals surface area contributed by atoms with Gasteiger partial charge >= 0.3 is 0 Å². The zero-order valence-corrected chi connectivity index (χ0v) is 15.3. The quantitative estimate of drug-likeness (QED) is 0.454. The summed E-state index contributed by atoms with van der Waals surface area (Å²) in [6.45, 7) is 7.61. The molecule has 1 heterocycles. The molecule has 5 nitrogen and oxygen atoms in total. The van der Waals surface area contributed by atoms with Gasteiger partial charge in [0, 0.05) is 38.3 Å². The van der Waals surface area contributed by atoms with Crippen molar-refractivity contribution in [1.82, 2.24) is 10.2 Å². The SMILES string of the molecule is C=CC[C@@H](c1ccc(Br)c([N+](=O)[O-])c1)N1CCNCC1.Cl.Cl. The van der Waals surface area contributed by atoms with Crippen molar-refractivity contribution in [3.05, 3.63) is 51.0 Å². The van der Waals surface area contributed by atoms with E-state index in [-0.39, 0.29) is 41.5 Å². The van der Waals surface area contributed by atoms with Crippen LogP contribution in [0.1, 0.15) is 18.0 Å². The molecule has 1 aliphatic heterocycles. The highest BCUT2D eigenvalue weighted by atomic mass is 79.9. The first-order chi connectivity index (χ1) is 9.63. The number of nitrogens with one attached hydrogen (secondary N) is 1. The number of benzene rings is 1. The highest BCUT2D eigenvalue weighted by Gasteiger charge is 2.23. The minimum atomic E-state index is -0.351. The Labute approximate surface area is 151 Å². The van der Waals surface area contributed by atoms with E-state index in [0.29, 0.717) is 4.47 Å². The number of nitrogens with zero attached hydrogens (tertiary/aromatic N) is 2. The summed E-state index contributed by atoms with van der Waals surface area (Å²) in [6.07, 6.45) is 2.67. The van der Waals surface area contributed by atoms with Crippen molar-refractivity contribution in [2.75, 3.05) is 26.2 Å². The van der Waals surface area contributed by atoms with Gasteiger partial charge in [-0.3, -0.25) is 15.0 Å². The van der Waals surface area contributed by atoms with Gasteiger partial charge in [0.1, 0.15) is 0 Å². The van der Waals surface area contributed by atoms with Gasteiger partial charge < -0.3 is 5.32 Å². The van der Waals surface area contributed by atoms with Crippen LogP contribution in [0.3, 0.4) is 0 Å². The Bertz CT molecular complexity index is 511. The molecule has 0 unspecified atom stereocenters. The first-order valence-electron chi connectivity index (χ1n) is 6.63. The molecule has 1 N–H and O–H groups in total. The summed E-state index contributed by atoms with van der Waals surface area (Å²) in [5, 5.41) is 14.4. The minimum Gasteiger partial charge on any atom is -0.314 e. The maximum absolute atomic E-state index is 11.1. The molecule has 0 bridgehead atoms. The van der Waals surface area contributed by atoms with Crippen molar-refractivity contribution >= 4 is 46.4 Å². The molecule has 8 heteroatoms. The first kappa shape index (κ1) is 21.3. The fourth-order valence-electron chi connectivity index (χ4n) is 2.52. The number of hydrogen-bond acceptors (Lipinski definition) is 4. The molecule has 22 heavy (non-hydrogen) atoms. The van der Waals surface area contributed by atoms with Gasteiger partial charge in [-0.15, -0.1) is 31.4 Å². The molecule has 0 amide bonds. The number of rotatable bonds is 5. The number of halogens is 3. The largest absolute Gasteiger partial charge is 0.314 e. The van der Waals surface area contributed by atoms with Crippen LogP contribution in [-0.4, -0.2) is 36.0 Å². The van der Waals surface area contributed by atoms with E-state index in [1.165, 1.54) is 0 Å². The van der Waals surface area contributed by atoms with Crippen LogP contribution in [0.5, 0.6) is 0 Å². The summed E-state index contributed by atoms with van der Waals surface area (Å²) in [6, 6.07) is 5.53. The van der Waals surface area contributed by atoms with E-state index in [1.807, 2.05) is 12.1 Å². The third-order valence-electron chi connectivity index (χ3n) is 3.53. The lowest BCUT2D eigenvalue weighted by Crippen LogP contribution is -2.45. The third-order valence-corrected chi connectivity index (χ3v) is 4.20. The first-order valence-corrected chi connectivity index (χ1v) is 7.42. The molecule has 1 aliphatic rings. The third kappa shape index (κ3) is 5.21. The van der Waals surface area contributed by atoms with E-state index in [2.05, 4.69) is 32.7 Å². The molecule has 1 aromatic carbocycles. The second kappa shape index (κ2) is 10.2. The van der Waals surface area contributed by atoms with Crippen LogP contribution in [0.4, 0.5) is 5.69 Å². The van der Waals surface area contributed by atoms with E-state index in [4.69, 9.17) is 0 Å². The predicted octanol–water partition coefficient (Wildman–Crippen LogP) is 3.72. The summed E-state index contributed by atoms with van der Waals surface area (Å²) < 4.78 is 0.518. The Morgan fingerprint density at radius 3 is 2.59 bits per heavy atom. The van der Waals surface area contributed by atoms with Crippen molar-refractivity contribution in [3.8, 4) is 0 Å². The van der Waals surface area contributed by atoms with Crippen LogP contribution in [0.2, 0.25) is 0 Å². The van der Waals surface area contributed by atoms with Gasteiger partial charge in [0.2, 0.25) is 0 Å². The molecule has 1 saturated heterocycles. The second-order valence-electron chi connectivity index (χ2n) is 4.79. The van der Waals surface area contributed by atoms with Gasteiger partial charge in [-0.1, -0.05) is 12.1 Å². The second-order valence-corrected chi connectivity index (χ2v) is 5.65. The average molecular weight is 413 g/mol. The summed E-state index contributed by atoms with van der Waals surface area (Å²) in [5.74, 6) is 0. The molecule has 1 aromatic rings. The van der Waals surface area contributed by atoms with Gasteiger partial charge in [0.05, 0.1) is 9.40 Å². The van der Waals surface area contributed by atoms with E-state index in [0.717, 1.165) is 38.2 Å². The van der Waals surface area contributed by atoms with Crippen LogP contribution in [0.25, 0.3) is 0 Å². The van der Waals surface area contributed by atoms with Crippen molar-refractivity contribution < 1.29 is 4.92 Å². The molecule has 1 atom stereocenters. The maximum Gasteiger partial charge on any atom is 0.283 e. The molecule has 0 spiro atoms. The number of nitro groups is 1. The zero-order valence-electron chi connectivity index (χ0n) is 12.0. The number of piperazine rings is 1. The highest BCUT2D eigenvalue weighted by Crippen LogP contribution is 2.32. The fraction of sp³-hybridized carbons (Fsp3) is 0.429. The van der Waals surface area contributed by atoms with E-state index in [1.54, 1.807) is 12.1 Å². The highest BCUT2D eigenvalue weighted by molar-refractivity contribution is 9.10. The Kier molecular flexibility index (Phi) is 9.87. The van der Waals surface area contributed by atoms with Gasteiger partial charge in [-0.2, -0.15) is 0 Å². The molecule has 0 aromatic heterocycles. The lowest BCUT2D eigenvalue weighted by atomic mass is 10.0. The lowest BCUT2D eigenvalue weighted by Gasteiger charge is -2.34. The Hall–Kier alpha value is -0.660. The predicted molar refractivity (Wildman–Crippen MR) is 97.3 cm³/mol. The molecule has 0 aliphatic carbocycles. The van der Waals surface area contributed by atoms with E-state index >= 15 is 0 Å². The van der Waals surface area contributed by atoms with Crippen LogP contribution in [-0.2, 0) is 0 Å². The monoisotopic (exact) mass is 411 g/mol.